The summed E-state index contributed by atoms with van der Waals surface area (Å²) in [6.07, 6.45) is 0. The quantitative estimate of drug-likeness (QED) is 0.916. The van der Waals surface area contributed by atoms with Gasteiger partial charge in [0.15, 0.2) is 0 Å². The third-order valence-corrected chi connectivity index (χ3v) is 5.28. The Kier molecular flexibility index (Phi) is 2.98. The third kappa shape index (κ3) is 2.08. The number of hydrogen-bond acceptors (Lipinski definition) is 3. The maximum atomic E-state index is 12.7. The molecule has 2 aromatic rings. The number of carbonyl (C=O) groups excluding carboxylic acids is 1. The van der Waals surface area contributed by atoms with Gasteiger partial charge in [-0.1, -0.05) is 29.8 Å². The predicted molar refractivity (Wildman–Crippen MR) is 80.3 cm³/mol. The van der Waals surface area contributed by atoms with E-state index >= 15 is 0 Å². The molecular weight excluding hydrogens is 288 g/mol. The van der Waals surface area contributed by atoms with E-state index in [-0.39, 0.29) is 11.4 Å². The van der Waals surface area contributed by atoms with Crippen molar-refractivity contribution >= 4 is 21.6 Å². The first-order valence-electron chi connectivity index (χ1n) is 6.42. The first-order chi connectivity index (χ1) is 9.91. The smallest absolute Gasteiger partial charge is 0.265 e. The molecule has 0 unspecified atom stereocenters. The van der Waals surface area contributed by atoms with Crippen LogP contribution in [0.15, 0.2) is 47.4 Å². The Bertz CT molecular complexity index is 844. The molecule has 0 saturated carbocycles. The van der Waals surface area contributed by atoms with E-state index in [0.717, 1.165) is 15.4 Å². The number of nitrogens with zero attached hydrogens (tertiary/aromatic N) is 1. The molecule has 3 rings (SSSR count). The molecule has 2 aromatic carbocycles. The van der Waals surface area contributed by atoms with Crippen LogP contribution in [0.2, 0.25) is 0 Å². The van der Waals surface area contributed by atoms with Crippen molar-refractivity contribution in [2.45, 2.75) is 11.8 Å². The van der Waals surface area contributed by atoms with Gasteiger partial charge in [-0.05, 0) is 25.1 Å². The Labute approximate surface area is 123 Å². The standard InChI is InChI=1S/C15H14N2O3S/c1-10-6-7-13-12(8-10)11-4-2-3-5-14(11)21(19,20)17(13)9-15(16)18/h2-8H,9H2,1H3,(H2,16,18). The molecule has 1 heterocycles. The molecule has 1 aliphatic heterocycles. The average molecular weight is 302 g/mol. The molecule has 0 saturated heterocycles. The second-order valence-corrected chi connectivity index (χ2v) is 6.83. The van der Waals surface area contributed by atoms with E-state index in [1.165, 1.54) is 0 Å². The maximum absolute atomic E-state index is 12.7. The number of carbonyl (C=O) groups is 1. The SMILES string of the molecule is Cc1ccc2c(c1)-c1ccccc1S(=O)(=O)N2CC(N)=O. The largest absolute Gasteiger partial charge is 0.368 e. The van der Waals surface area contributed by atoms with Gasteiger partial charge < -0.3 is 5.73 Å². The van der Waals surface area contributed by atoms with Gasteiger partial charge in [0.2, 0.25) is 5.91 Å². The Hall–Kier alpha value is -2.34. The molecule has 0 bridgehead atoms. The maximum Gasteiger partial charge on any atom is 0.265 e. The summed E-state index contributed by atoms with van der Waals surface area (Å²) in [5.41, 5.74) is 8.15. The topological polar surface area (TPSA) is 80.5 Å². The molecule has 0 aromatic heterocycles. The lowest BCUT2D eigenvalue weighted by Gasteiger charge is -2.31. The zero-order valence-electron chi connectivity index (χ0n) is 11.4. The molecule has 2 N–H and O–H groups in total. The first kappa shape index (κ1) is 13.6. The van der Waals surface area contributed by atoms with E-state index in [9.17, 15) is 13.2 Å². The van der Waals surface area contributed by atoms with Crippen LogP contribution < -0.4 is 10.0 Å². The summed E-state index contributed by atoms with van der Waals surface area (Å²) >= 11 is 0. The van der Waals surface area contributed by atoms with Gasteiger partial charge in [0.25, 0.3) is 10.0 Å². The van der Waals surface area contributed by atoms with Crippen molar-refractivity contribution in [3.8, 4) is 11.1 Å². The number of nitrogens with two attached hydrogens (primary N) is 1. The number of primary amides is 1. The highest BCUT2D eigenvalue weighted by Crippen LogP contribution is 2.42. The van der Waals surface area contributed by atoms with E-state index in [2.05, 4.69) is 0 Å². The lowest BCUT2D eigenvalue weighted by Crippen LogP contribution is -2.40. The highest BCUT2D eigenvalue weighted by molar-refractivity contribution is 7.93. The van der Waals surface area contributed by atoms with E-state index in [1.807, 2.05) is 19.1 Å². The van der Waals surface area contributed by atoms with Crippen LogP contribution in [0.25, 0.3) is 11.1 Å². The van der Waals surface area contributed by atoms with E-state index in [4.69, 9.17) is 5.73 Å². The molecule has 5 nitrogen and oxygen atoms in total. The normalized spacial score (nSPS) is 15.2. The van der Waals surface area contributed by atoms with Crippen LogP contribution >= 0.6 is 0 Å². The predicted octanol–water partition coefficient (Wildman–Crippen LogP) is 1.66. The molecule has 0 fully saturated rings. The number of aryl methyl sites for hydroxylation is 1. The van der Waals surface area contributed by atoms with Crippen molar-refractivity contribution in [3.05, 3.63) is 48.0 Å². The Morgan fingerprint density at radius 1 is 1.14 bits per heavy atom. The Balaban J connectivity index is 2.35. The third-order valence-electron chi connectivity index (χ3n) is 3.47. The molecule has 1 amide bonds. The Morgan fingerprint density at radius 3 is 2.57 bits per heavy atom. The number of anilines is 1. The number of hydrogen-bond donors (Lipinski definition) is 1. The number of sulfonamides is 1. The fourth-order valence-corrected chi connectivity index (χ4v) is 4.22. The highest BCUT2D eigenvalue weighted by atomic mass is 32.2. The summed E-state index contributed by atoms with van der Waals surface area (Å²) < 4.78 is 26.5. The molecule has 0 atom stereocenters. The molecule has 0 radical (unpaired) electrons. The van der Waals surface area contributed by atoms with Crippen molar-refractivity contribution in [3.63, 3.8) is 0 Å². The van der Waals surface area contributed by atoms with E-state index in [0.29, 0.717) is 11.3 Å². The van der Waals surface area contributed by atoms with Crippen LogP contribution in [0.4, 0.5) is 5.69 Å². The second-order valence-electron chi connectivity index (χ2n) is 4.99. The molecule has 0 aliphatic carbocycles. The summed E-state index contributed by atoms with van der Waals surface area (Å²) in [6, 6.07) is 12.2. The minimum Gasteiger partial charge on any atom is -0.368 e. The lowest BCUT2D eigenvalue weighted by molar-refractivity contribution is -0.116. The molecule has 0 spiro atoms. The van der Waals surface area contributed by atoms with Gasteiger partial charge in [-0.3, -0.25) is 9.10 Å². The van der Waals surface area contributed by atoms with Gasteiger partial charge in [0.05, 0.1) is 10.6 Å². The summed E-state index contributed by atoms with van der Waals surface area (Å²) in [4.78, 5) is 11.5. The van der Waals surface area contributed by atoms with Crippen molar-refractivity contribution in [2.24, 2.45) is 5.73 Å². The minimum absolute atomic E-state index is 0.198. The lowest BCUT2D eigenvalue weighted by atomic mass is 10.0. The Morgan fingerprint density at radius 2 is 1.86 bits per heavy atom. The molecule has 1 aliphatic rings. The van der Waals surface area contributed by atoms with Gasteiger partial charge in [-0.2, -0.15) is 0 Å². The van der Waals surface area contributed by atoms with Crippen molar-refractivity contribution in [1.29, 1.82) is 0 Å². The monoisotopic (exact) mass is 302 g/mol. The van der Waals surface area contributed by atoms with Gasteiger partial charge in [0.1, 0.15) is 6.54 Å². The van der Waals surface area contributed by atoms with Crippen LogP contribution in [0.1, 0.15) is 5.56 Å². The summed E-state index contributed by atoms with van der Waals surface area (Å²) in [7, 11) is -3.77. The van der Waals surface area contributed by atoms with Gasteiger partial charge in [-0.25, -0.2) is 8.42 Å². The molecule has 6 heteroatoms. The minimum atomic E-state index is -3.77. The van der Waals surface area contributed by atoms with Gasteiger partial charge in [-0.15, -0.1) is 0 Å². The van der Waals surface area contributed by atoms with Crippen LogP contribution in [-0.2, 0) is 14.8 Å². The summed E-state index contributed by atoms with van der Waals surface area (Å²) in [6.45, 7) is 1.57. The van der Waals surface area contributed by atoms with Crippen molar-refractivity contribution < 1.29 is 13.2 Å². The molecular formula is C15H14N2O3S. The van der Waals surface area contributed by atoms with Gasteiger partial charge >= 0.3 is 0 Å². The van der Waals surface area contributed by atoms with E-state index in [1.54, 1.807) is 30.3 Å². The highest BCUT2D eigenvalue weighted by Gasteiger charge is 2.35. The summed E-state index contributed by atoms with van der Waals surface area (Å²) in [5, 5.41) is 0. The van der Waals surface area contributed by atoms with Crippen LogP contribution in [0.5, 0.6) is 0 Å². The number of fused-ring (bicyclic) bond motifs is 3. The molecule has 108 valence electrons. The van der Waals surface area contributed by atoms with Crippen molar-refractivity contribution in [2.75, 3.05) is 10.8 Å². The first-order valence-corrected chi connectivity index (χ1v) is 7.86. The fraction of sp³-hybridized carbons (Fsp3) is 0.133. The second kappa shape index (κ2) is 4.60. The zero-order valence-corrected chi connectivity index (χ0v) is 12.2. The van der Waals surface area contributed by atoms with Crippen LogP contribution in [0.3, 0.4) is 0 Å². The van der Waals surface area contributed by atoms with E-state index < -0.39 is 15.9 Å². The van der Waals surface area contributed by atoms with Crippen molar-refractivity contribution in [1.82, 2.24) is 0 Å². The number of benzene rings is 2. The average Bonchev–Trinajstić information content (AvgIpc) is 2.44. The molecule has 21 heavy (non-hydrogen) atoms. The summed E-state index contributed by atoms with van der Waals surface area (Å²) in [5.74, 6) is -0.690. The zero-order chi connectivity index (χ0) is 15.2. The van der Waals surface area contributed by atoms with Crippen LogP contribution in [-0.4, -0.2) is 20.9 Å². The number of amides is 1. The van der Waals surface area contributed by atoms with Gasteiger partial charge in [0, 0.05) is 11.1 Å². The van der Waals surface area contributed by atoms with Crippen LogP contribution in [0, 0.1) is 6.92 Å². The number of rotatable bonds is 2. The fourth-order valence-electron chi connectivity index (χ4n) is 2.56.